The minimum atomic E-state index is -0.383. The van der Waals surface area contributed by atoms with E-state index in [9.17, 15) is 14.4 Å². The summed E-state index contributed by atoms with van der Waals surface area (Å²) in [4.78, 5) is 41.5. The topological polar surface area (TPSA) is 91.5 Å². The number of methoxy groups -OCH3 is 1. The quantitative estimate of drug-likeness (QED) is 0.841. The minimum absolute atomic E-state index is 0.0661. The maximum Gasteiger partial charge on any atom is 0.261 e. The number of aryl methyl sites for hydroxylation is 2. The Bertz CT molecular complexity index is 949. The van der Waals surface area contributed by atoms with E-state index < -0.39 is 0 Å². The summed E-state index contributed by atoms with van der Waals surface area (Å²) in [5, 5.41) is 2.94. The molecule has 2 aromatic rings. The van der Waals surface area contributed by atoms with E-state index in [1.165, 1.54) is 6.92 Å². The van der Waals surface area contributed by atoms with Crippen LogP contribution in [-0.4, -0.2) is 47.9 Å². The fourth-order valence-corrected chi connectivity index (χ4v) is 3.84. The van der Waals surface area contributed by atoms with Gasteiger partial charge < -0.3 is 19.9 Å². The number of hydrogen-bond donors (Lipinski definition) is 2. The normalized spacial score (nSPS) is 18.8. The van der Waals surface area contributed by atoms with Crippen LogP contribution in [0, 0.1) is 13.8 Å². The second-order valence-corrected chi connectivity index (χ2v) is 7.24. The number of benzene rings is 1. The van der Waals surface area contributed by atoms with Gasteiger partial charge in [-0.3, -0.25) is 14.4 Å². The second kappa shape index (κ2) is 7.88. The van der Waals surface area contributed by atoms with Crippen LogP contribution in [0.25, 0.3) is 0 Å². The van der Waals surface area contributed by atoms with Gasteiger partial charge in [0.1, 0.15) is 11.3 Å². The number of H-pyrrole nitrogens is 1. The van der Waals surface area contributed by atoms with Crippen LogP contribution in [0.15, 0.2) is 35.1 Å². The van der Waals surface area contributed by atoms with Crippen molar-refractivity contribution in [2.24, 2.45) is 0 Å². The molecule has 0 unspecified atom stereocenters. The number of nitrogens with one attached hydrogen (secondary N) is 2. The number of likely N-dealkylation sites (tertiary alicyclic amines) is 1. The smallest absolute Gasteiger partial charge is 0.261 e. The molecule has 3 rings (SSSR count). The van der Waals surface area contributed by atoms with Crippen molar-refractivity contribution in [2.45, 2.75) is 32.7 Å². The molecule has 7 heteroatoms. The molecule has 2 N–H and O–H groups in total. The van der Waals surface area contributed by atoms with Gasteiger partial charge in [-0.2, -0.15) is 0 Å². The molecule has 0 bridgehead atoms. The molecule has 1 saturated heterocycles. The summed E-state index contributed by atoms with van der Waals surface area (Å²) in [6.45, 7) is 5.78. The number of nitrogens with zero attached hydrogens (tertiary/aromatic N) is 1. The Kier molecular flexibility index (Phi) is 5.53. The van der Waals surface area contributed by atoms with Crippen molar-refractivity contribution in [3.8, 4) is 5.75 Å². The average Bonchev–Trinajstić information content (AvgIpc) is 3.04. The number of pyridine rings is 1. The van der Waals surface area contributed by atoms with Gasteiger partial charge in [-0.1, -0.05) is 12.1 Å². The molecule has 0 spiro atoms. The Labute approximate surface area is 163 Å². The monoisotopic (exact) mass is 383 g/mol. The first-order valence-electron chi connectivity index (χ1n) is 9.21. The molecule has 148 valence electrons. The third-order valence-electron chi connectivity index (χ3n) is 5.12. The van der Waals surface area contributed by atoms with Crippen molar-refractivity contribution >= 4 is 11.8 Å². The Balaban J connectivity index is 1.90. The van der Waals surface area contributed by atoms with Gasteiger partial charge in [-0.05, 0) is 43.2 Å². The van der Waals surface area contributed by atoms with Gasteiger partial charge in [0.2, 0.25) is 5.91 Å². The third-order valence-corrected chi connectivity index (χ3v) is 5.12. The number of aromatic nitrogens is 1. The van der Waals surface area contributed by atoms with Crippen molar-refractivity contribution in [1.29, 1.82) is 0 Å². The second-order valence-electron chi connectivity index (χ2n) is 7.24. The number of amides is 2. The van der Waals surface area contributed by atoms with E-state index in [2.05, 4.69) is 10.3 Å². The molecule has 0 saturated carbocycles. The van der Waals surface area contributed by atoms with Crippen LogP contribution in [0.3, 0.4) is 0 Å². The Morgan fingerprint density at radius 1 is 1.18 bits per heavy atom. The first-order chi connectivity index (χ1) is 13.3. The lowest BCUT2D eigenvalue weighted by Crippen LogP contribution is -2.40. The van der Waals surface area contributed by atoms with Crippen LogP contribution in [0.5, 0.6) is 5.75 Å². The summed E-state index contributed by atoms with van der Waals surface area (Å²) in [5.41, 5.74) is 2.14. The Morgan fingerprint density at radius 3 is 2.43 bits per heavy atom. The zero-order chi connectivity index (χ0) is 20.4. The van der Waals surface area contributed by atoms with Gasteiger partial charge in [0.15, 0.2) is 0 Å². The lowest BCUT2D eigenvalue weighted by molar-refractivity contribution is -0.119. The van der Waals surface area contributed by atoms with Crippen LogP contribution in [0.2, 0.25) is 0 Å². The molecule has 2 heterocycles. The van der Waals surface area contributed by atoms with Crippen molar-refractivity contribution in [3.05, 3.63) is 63.1 Å². The van der Waals surface area contributed by atoms with Crippen LogP contribution < -0.4 is 15.6 Å². The highest BCUT2D eigenvalue weighted by Crippen LogP contribution is 2.30. The number of carbonyl (C=O) groups is 2. The van der Waals surface area contributed by atoms with E-state index in [0.717, 1.165) is 11.3 Å². The molecule has 1 aromatic carbocycles. The van der Waals surface area contributed by atoms with Gasteiger partial charge in [0.25, 0.3) is 11.5 Å². The van der Waals surface area contributed by atoms with Gasteiger partial charge >= 0.3 is 0 Å². The summed E-state index contributed by atoms with van der Waals surface area (Å²) in [6, 6.07) is 9.17. The highest BCUT2D eigenvalue weighted by Gasteiger charge is 2.38. The molecule has 2 amide bonds. The molecular formula is C21H25N3O4. The summed E-state index contributed by atoms with van der Waals surface area (Å²) < 4.78 is 5.20. The summed E-state index contributed by atoms with van der Waals surface area (Å²) in [5.74, 6) is 0.212. The molecular weight excluding hydrogens is 358 g/mol. The van der Waals surface area contributed by atoms with E-state index >= 15 is 0 Å². The minimum Gasteiger partial charge on any atom is -0.497 e. The molecule has 1 aliphatic rings. The zero-order valence-electron chi connectivity index (χ0n) is 16.5. The van der Waals surface area contributed by atoms with Crippen LogP contribution in [0.4, 0.5) is 0 Å². The molecule has 1 aliphatic heterocycles. The molecule has 7 nitrogen and oxygen atoms in total. The van der Waals surface area contributed by atoms with Crippen LogP contribution in [-0.2, 0) is 4.79 Å². The molecule has 2 atom stereocenters. The van der Waals surface area contributed by atoms with Gasteiger partial charge in [-0.25, -0.2) is 0 Å². The van der Waals surface area contributed by atoms with Crippen molar-refractivity contribution < 1.29 is 14.3 Å². The summed E-state index contributed by atoms with van der Waals surface area (Å²) in [7, 11) is 1.60. The lowest BCUT2D eigenvalue weighted by Gasteiger charge is -2.19. The standard InChI is InChI=1S/C21H25N3O4/c1-12-9-13(2)22-20(26)19(12)21(27)24-10-17(18(11-24)23-14(3)25)15-5-7-16(28-4)8-6-15/h5-9,17-18H,10-11H2,1-4H3,(H,22,26)(H,23,25)/t17-,18+/m0/s1. The predicted molar refractivity (Wildman–Crippen MR) is 106 cm³/mol. The highest BCUT2D eigenvalue weighted by molar-refractivity contribution is 5.95. The molecule has 1 fully saturated rings. The number of carbonyl (C=O) groups excluding carboxylic acids is 2. The van der Waals surface area contributed by atoms with E-state index in [1.807, 2.05) is 24.3 Å². The van der Waals surface area contributed by atoms with Gasteiger partial charge in [0.05, 0.1) is 13.2 Å². The first kappa shape index (κ1) is 19.7. The molecule has 28 heavy (non-hydrogen) atoms. The Morgan fingerprint density at radius 2 is 1.86 bits per heavy atom. The zero-order valence-corrected chi connectivity index (χ0v) is 16.5. The van der Waals surface area contributed by atoms with E-state index in [1.54, 1.807) is 31.9 Å². The first-order valence-corrected chi connectivity index (χ1v) is 9.21. The summed E-state index contributed by atoms with van der Waals surface area (Å²) >= 11 is 0. The Hall–Kier alpha value is -3.09. The van der Waals surface area contributed by atoms with Crippen molar-refractivity contribution in [1.82, 2.24) is 15.2 Å². The number of aromatic amines is 1. The van der Waals surface area contributed by atoms with Crippen molar-refractivity contribution in [3.63, 3.8) is 0 Å². The fraction of sp³-hybridized carbons (Fsp3) is 0.381. The largest absolute Gasteiger partial charge is 0.497 e. The molecule has 1 aromatic heterocycles. The van der Waals surface area contributed by atoms with E-state index in [0.29, 0.717) is 24.3 Å². The lowest BCUT2D eigenvalue weighted by atomic mass is 9.94. The number of rotatable bonds is 4. The SMILES string of the molecule is COc1ccc([C@@H]2CN(C(=O)c3c(C)cc(C)[nH]c3=O)C[C@H]2NC(C)=O)cc1. The van der Waals surface area contributed by atoms with E-state index in [-0.39, 0.29) is 34.9 Å². The third kappa shape index (κ3) is 3.93. The summed E-state index contributed by atoms with van der Waals surface area (Å²) in [6.07, 6.45) is 0. The van der Waals surface area contributed by atoms with Crippen LogP contribution >= 0.6 is 0 Å². The maximum absolute atomic E-state index is 13.1. The highest BCUT2D eigenvalue weighted by atomic mass is 16.5. The number of hydrogen-bond acceptors (Lipinski definition) is 4. The van der Waals surface area contributed by atoms with Gasteiger partial charge in [0, 0.05) is 31.6 Å². The van der Waals surface area contributed by atoms with Gasteiger partial charge in [-0.15, -0.1) is 0 Å². The molecule has 0 aliphatic carbocycles. The molecule has 0 radical (unpaired) electrons. The number of ether oxygens (including phenoxy) is 1. The predicted octanol–water partition coefficient (Wildman–Crippen LogP) is 1.74. The fourth-order valence-electron chi connectivity index (χ4n) is 3.84. The average molecular weight is 383 g/mol. The maximum atomic E-state index is 13.1. The van der Waals surface area contributed by atoms with Crippen LogP contribution in [0.1, 0.15) is 40.0 Å². The van der Waals surface area contributed by atoms with E-state index in [4.69, 9.17) is 4.74 Å². The van der Waals surface area contributed by atoms with Crippen molar-refractivity contribution in [2.75, 3.05) is 20.2 Å².